The van der Waals surface area contributed by atoms with E-state index in [1.54, 1.807) is 18.2 Å². The summed E-state index contributed by atoms with van der Waals surface area (Å²) in [4.78, 5) is 22.2. The number of amides is 1. The molecule has 0 aromatic heterocycles. The average molecular weight is 280 g/mol. The van der Waals surface area contributed by atoms with Crippen molar-refractivity contribution in [2.24, 2.45) is 11.7 Å². The van der Waals surface area contributed by atoms with Gasteiger partial charge in [0.1, 0.15) is 17.9 Å². The van der Waals surface area contributed by atoms with Crippen molar-refractivity contribution in [2.45, 2.75) is 19.9 Å². The van der Waals surface area contributed by atoms with Crippen molar-refractivity contribution in [3.8, 4) is 5.75 Å². The van der Waals surface area contributed by atoms with Gasteiger partial charge in [0.25, 0.3) is 0 Å². The van der Waals surface area contributed by atoms with E-state index in [4.69, 9.17) is 15.6 Å². The van der Waals surface area contributed by atoms with Gasteiger partial charge in [-0.2, -0.15) is 0 Å². The fraction of sp³-hybridized carbons (Fsp3) is 0.429. The number of para-hydroxylation sites is 1. The minimum absolute atomic E-state index is 0.0822. The van der Waals surface area contributed by atoms with Crippen LogP contribution in [0.2, 0.25) is 0 Å². The molecule has 0 bridgehead atoms. The molecule has 0 saturated carbocycles. The van der Waals surface area contributed by atoms with E-state index in [-0.39, 0.29) is 18.1 Å². The summed E-state index contributed by atoms with van der Waals surface area (Å²) in [6.07, 6.45) is 0. The normalized spacial score (nSPS) is 12.2. The molecule has 0 fully saturated rings. The van der Waals surface area contributed by atoms with Crippen LogP contribution in [0.1, 0.15) is 24.2 Å². The second kappa shape index (κ2) is 7.49. The van der Waals surface area contributed by atoms with Gasteiger partial charge >= 0.3 is 5.97 Å². The van der Waals surface area contributed by atoms with Gasteiger partial charge in [-0.05, 0) is 18.1 Å². The molecule has 1 aromatic rings. The van der Waals surface area contributed by atoms with Crippen LogP contribution < -0.4 is 15.8 Å². The van der Waals surface area contributed by atoms with E-state index in [0.717, 1.165) is 0 Å². The molecule has 0 radical (unpaired) electrons. The van der Waals surface area contributed by atoms with Gasteiger partial charge in [-0.15, -0.1) is 0 Å². The maximum Gasteiger partial charge on any atom is 0.339 e. The number of carbonyl (C=O) groups excluding carboxylic acids is 1. The highest BCUT2D eigenvalue weighted by atomic mass is 16.5. The van der Waals surface area contributed by atoms with Crippen molar-refractivity contribution >= 4 is 11.9 Å². The molecule has 0 spiro atoms. The largest absolute Gasteiger partial charge is 0.491 e. The van der Waals surface area contributed by atoms with Crippen LogP contribution in [-0.2, 0) is 4.79 Å². The molecule has 1 unspecified atom stereocenters. The Morgan fingerprint density at radius 2 is 2.00 bits per heavy atom. The summed E-state index contributed by atoms with van der Waals surface area (Å²) in [6.45, 7) is 4.44. The minimum atomic E-state index is -1.04. The number of primary amides is 1. The number of carboxylic acids is 1. The Morgan fingerprint density at radius 3 is 2.55 bits per heavy atom. The first-order chi connectivity index (χ1) is 9.43. The topological polar surface area (TPSA) is 102 Å². The van der Waals surface area contributed by atoms with Crippen LogP contribution in [0.4, 0.5) is 0 Å². The summed E-state index contributed by atoms with van der Waals surface area (Å²) in [7, 11) is 0. The Morgan fingerprint density at radius 1 is 1.35 bits per heavy atom. The number of hydrogen-bond acceptors (Lipinski definition) is 4. The molecular formula is C14H20N2O4. The lowest BCUT2D eigenvalue weighted by Crippen LogP contribution is -2.46. The molecule has 0 saturated heterocycles. The number of hydrogen-bond donors (Lipinski definition) is 3. The van der Waals surface area contributed by atoms with Gasteiger partial charge in [-0.1, -0.05) is 26.0 Å². The summed E-state index contributed by atoms with van der Waals surface area (Å²) in [6, 6.07) is 5.99. The highest BCUT2D eigenvalue weighted by molar-refractivity contribution is 5.90. The first-order valence-corrected chi connectivity index (χ1v) is 6.41. The molecule has 6 nitrogen and oxygen atoms in total. The Balaban J connectivity index is 2.49. The van der Waals surface area contributed by atoms with Crippen LogP contribution in [0.3, 0.4) is 0 Å². The quantitative estimate of drug-likeness (QED) is 0.613. The first-order valence-electron chi connectivity index (χ1n) is 6.41. The van der Waals surface area contributed by atoms with Gasteiger partial charge in [-0.25, -0.2) is 4.79 Å². The number of carboxylic acid groups (broad SMARTS) is 1. The number of carbonyl (C=O) groups is 2. The van der Waals surface area contributed by atoms with Gasteiger partial charge in [0.2, 0.25) is 5.91 Å². The van der Waals surface area contributed by atoms with Gasteiger partial charge in [0, 0.05) is 6.54 Å². The molecule has 110 valence electrons. The van der Waals surface area contributed by atoms with Crippen LogP contribution in [0.5, 0.6) is 5.75 Å². The molecule has 0 aliphatic carbocycles. The molecule has 1 rings (SSSR count). The molecule has 6 heteroatoms. The third-order valence-corrected chi connectivity index (χ3v) is 2.81. The van der Waals surface area contributed by atoms with Crippen molar-refractivity contribution in [1.82, 2.24) is 5.32 Å². The summed E-state index contributed by atoms with van der Waals surface area (Å²) in [5, 5.41) is 12.0. The van der Waals surface area contributed by atoms with Gasteiger partial charge in [-0.3, -0.25) is 4.79 Å². The van der Waals surface area contributed by atoms with Crippen LogP contribution in [0.15, 0.2) is 24.3 Å². The number of aromatic carboxylic acids is 1. The van der Waals surface area contributed by atoms with E-state index in [9.17, 15) is 9.59 Å². The highest BCUT2D eigenvalue weighted by Gasteiger charge is 2.18. The number of rotatable bonds is 8. The average Bonchev–Trinajstić information content (AvgIpc) is 2.37. The molecule has 1 aromatic carbocycles. The second-order valence-corrected chi connectivity index (χ2v) is 4.73. The van der Waals surface area contributed by atoms with Crippen LogP contribution >= 0.6 is 0 Å². The predicted molar refractivity (Wildman–Crippen MR) is 74.7 cm³/mol. The van der Waals surface area contributed by atoms with Crippen LogP contribution in [0, 0.1) is 5.92 Å². The highest BCUT2D eigenvalue weighted by Crippen LogP contribution is 2.17. The first kappa shape index (κ1) is 16.0. The molecule has 4 N–H and O–H groups in total. The van der Waals surface area contributed by atoms with Crippen molar-refractivity contribution in [3.63, 3.8) is 0 Å². The fourth-order valence-electron chi connectivity index (χ4n) is 1.81. The zero-order valence-corrected chi connectivity index (χ0v) is 11.6. The predicted octanol–water partition coefficient (Wildman–Crippen LogP) is 0.863. The summed E-state index contributed by atoms with van der Waals surface area (Å²) >= 11 is 0. The lowest BCUT2D eigenvalue weighted by Gasteiger charge is -2.19. The lowest BCUT2D eigenvalue weighted by molar-refractivity contribution is -0.121. The third kappa shape index (κ3) is 4.55. The van der Waals surface area contributed by atoms with E-state index in [0.29, 0.717) is 12.3 Å². The molecule has 0 aliphatic heterocycles. The van der Waals surface area contributed by atoms with Crippen LogP contribution in [0.25, 0.3) is 0 Å². The number of benzene rings is 1. The van der Waals surface area contributed by atoms with Gasteiger partial charge in [0.15, 0.2) is 0 Å². The molecule has 0 heterocycles. The van der Waals surface area contributed by atoms with E-state index >= 15 is 0 Å². The van der Waals surface area contributed by atoms with E-state index in [1.165, 1.54) is 6.07 Å². The van der Waals surface area contributed by atoms with E-state index in [1.807, 2.05) is 13.8 Å². The number of nitrogens with one attached hydrogen (secondary N) is 1. The molecule has 1 amide bonds. The summed E-state index contributed by atoms with van der Waals surface area (Å²) in [5.41, 5.74) is 5.39. The van der Waals surface area contributed by atoms with Crippen LogP contribution in [-0.4, -0.2) is 36.2 Å². The number of nitrogens with two attached hydrogens (primary N) is 1. The zero-order chi connectivity index (χ0) is 15.1. The van der Waals surface area contributed by atoms with E-state index < -0.39 is 17.9 Å². The smallest absolute Gasteiger partial charge is 0.339 e. The van der Waals surface area contributed by atoms with Crippen molar-refractivity contribution in [3.05, 3.63) is 29.8 Å². The third-order valence-electron chi connectivity index (χ3n) is 2.81. The zero-order valence-electron chi connectivity index (χ0n) is 11.6. The fourth-order valence-corrected chi connectivity index (χ4v) is 1.81. The second-order valence-electron chi connectivity index (χ2n) is 4.73. The SMILES string of the molecule is CC(C)C(NCCOc1ccccc1C(=O)O)C(N)=O. The maximum absolute atomic E-state index is 11.2. The maximum atomic E-state index is 11.2. The standard InChI is InChI=1S/C14H20N2O4/c1-9(2)12(13(15)17)16-7-8-20-11-6-4-3-5-10(11)14(18)19/h3-6,9,12,16H,7-8H2,1-2H3,(H2,15,17)(H,18,19). The van der Waals surface area contributed by atoms with Gasteiger partial charge < -0.3 is 20.9 Å². The molecule has 20 heavy (non-hydrogen) atoms. The van der Waals surface area contributed by atoms with Crippen molar-refractivity contribution in [2.75, 3.05) is 13.2 Å². The molecule has 1 atom stereocenters. The Kier molecular flexibility index (Phi) is 5.99. The Bertz CT molecular complexity index is 474. The van der Waals surface area contributed by atoms with Gasteiger partial charge in [0.05, 0.1) is 6.04 Å². The summed E-state index contributed by atoms with van der Waals surface area (Å²) in [5.74, 6) is -1.06. The minimum Gasteiger partial charge on any atom is -0.491 e. The number of ether oxygens (including phenoxy) is 1. The lowest BCUT2D eigenvalue weighted by atomic mass is 10.0. The molecule has 0 aliphatic rings. The summed E-state index contributed by atoms with van der Waals surface area (Å²) < 4.78 is 5.41. The Hall–Kier alpha value is -2.08. The van der Waals surface area contributed by atoms with Crippen molar-refractivity contribution in [1.29, 1.82) is 0 Å². The van der Waals surface area contributed by atoms with Crippen molar-refractivity contribution < 1.29 is 19.4 Å². The Labute approximate surface area is 117 Å². The monoisotopic (exact) mass is 280 g/mol. The molecular weight excluding hydrogens is 260 g/mol. The van der Waals surface area contributed by atoms with E-state index in [2.05, 4.69) is 5.32 Å².